The Morgan fingerprint density at radius 1 is 1.04 bits per heavy atom. The van der Waals surface area contributed by atoms with Crippen LogP contribution in [0.2, 0.25) is 0 Å². The Bertz CT molecular complexity index is 816. The van der Waals surface area contributed by atoms with E-state index in [2.05, 4.69) is 27.0 Å². The van der Waals surface area contributed by atoms with Gasteiger partial charge in [0.1, 0.15) is 12.1 Å². The number of rotatable bonds is 4. The zero-order valence-corrected chi connectivity index (χ0v) is 15.9. The van der Waals surface area contributed by atoms with Crippen LogP contribution < -0.4 is 4.90 Å². The van der Waals surface area contributed by atoms with Crippen LogP contribution >= 0.6 is 0 Å². The van der Waals surface area contributed by atoms with Crippen LogP contribution in [0.25, 0.3) is 0 Å². The van der Waals surface area contributed by atoms with Crippen molar-refractivity contribution in [1.82, 2.24) is 14.9 Å². The molecular formula is C22H25FN4O. The third kappa shape index (κ3) is 4.21. The molecule has 0 spiro atoms. The zero-order valence-electron chi connectivity index (χ0n) is 15.9. The Kier molecular flexibility index (Phi) is 5.65. The van der Waals surface area contributed by atoms with E-state index >= 15 is 0 Å². The monoisotopic (exact) mass is 380 g/mol. The molecule has 5 nitrogen and oxygen atoms in total. The van der Waals surface area contributed by atoms with E-state index in [1.807, 2.05) is 17.3 Å². The van der Waals surface area contributed by atoms with Crippen LogP contribution in [-0.4, -0.2) is 40.4 Å². The largest absolute Gasteiger partial charge is 0.369 e. The molecule has 6 heteroatoms. The van der Waals surface area contributed by atoms with Crippen molar-refractivity contribution in [2.24, 2.45) is 11.8 Å². The van der Waals surface area contributed by atoms with E-state index in [1.54, 1.807) is 18.5 Å². The summed E-state index contributed by atoms with van der Waals surface area (Å²) in [5, 5.41) is 0. The molecule has 0 saturated carbocycles. The summed E-state index contributed by atoms with van der Waals surface area (Å²) in [4.78, 5) is 25.6. The summed E-state index contributed by atoms with van der Waals surface area (Å²) in [6, 6.07) is 6.42. The van der Waals surface area contributed by atoms with E-state index < -0.39 is 0 Å². The van der Waals surface area contributed by atoms with Crippen molar-refractivity contribution < 1.29 is 9.18 Å². The highest BCUT2D eigenvalue weighted by atomic mass is 19.1. The lowest BCUT2D eigenvalue weighted by atomic mass is 9.81. The first-order chi connectivity index (χ1) is 13.7. The molecular weight excluding hydrogens is 355 g/mol. The molecule has 0 radical (unpaired) electrons. The lowest BCUT2D eigenvalue weighted by Crippen LogP contribution is -2.42. The van der Waals surface area contributed by atoms with E-state index in [4.69, 9.17) is 0 Å². The van der Waals surface area contributed by atoms with Gasteiger partial charge in [-0.15, -0.1) is 0 Å². The molecule has 0 N–H and O–H groups in total. The van der Waals surface area contributed by atoms with Gasteiger partial charge in [-0.1, -0.05) is 24.3 Å². The lowest BCUT2D eigenvalue weighted by molar-refractivity contribution is -0.137. The summed E-state index contributed by atoms with van der Waals surface area (Å²) >= 11 is 0. The van der Waals surface area contributed by atoms with Gasteiger partial charge in [-0.3, -0.25) is 4.79 Å². The van der Waals surface area contributed by atoms with Crippen molar-refractivity contribution >= 4 is 11.6 Å². The Hall–Kier alpha value is -2.76. The SMILES string of the molecule is O=C1C(C2CCN(c3cncnc3)CC2)CC=CCN1Cc1ccc(F)cc1. The van der Waals surface area contributed by atoms with E-state index in [1.165, 1.54) is 12.1 Å². The fraction of sp³-hybridized carbons (Fsp3) is 0.409. The molecule has 1 unspecified atom stereocenters. The number of hydrogen-bond donors (Lipinski definition) is 0. The summed E-state index contributed by atoms with van der Waals surface area (Å²) in [6.45, 7) is 2.99. The molecule has 2 aromatic rings. The average molecular weight is 380 g/mol. The van der Waals surface area contributed by atoms with Crippen LogP contribution in [0.15, 0.2) is 55.1 Å². The normalized spacial score (nSPS) is 21.0. The number of hydrogen-bond acceptors (Lipinski definition) is 4. The van der Waals surface area contributed by atoms with E-state index in [0.717, 1.165) is 43.6 Å². The molecule has 1 fully saturated rings. The number of benzene rings is 1. The number of allylic oxidation sites excluding steroid dienone is 1. The van der Waals surface area contributed by atoms with Gasteiger partial charge in [0, 0.05) is 32.1 Å². The molecule has 0 aliphatic carbocycles. The molecule has 3 heterocycles. The van der Waals surface area contributed by atoms with Crippen molar-refractivity contribution in [1.29, 1.82) is 0 Å². The number of carbonyl (C=O) groups excluding carboxylic acids is 1. The van der Waals surface area contributed by atoms with E-state index in [-0.39, 0.29) is 17.6 Å². The summed E-state index contributed by atoms with van der Waals surface area (Å²) < 4.78 is 13.2. The maximum absolute atomic E-state index is 13.2. The number of aromatic nitrogens is 2. The van der Waals surface area contributed by atoms with Gasteiger partial charge >= 0.3 is 0 Å². The Morgan fingerprint density at radius 2 is 1.75 bits per heavy atom. The molecule has 1 aromatic heterocycles. The average Bonchev–Trinajstić information content (AvgIpc) is 2.92. The highest BCUT2D eigenvalue weighted by Crippen LogP contribution is 2.32. The second-order valence-electron chi connectivity index (χ2n) is 7.58. The van der Waals surface area contributed by atoms with E-state index in [0.29, 0.717) is 19.0 Å². The summed E-state index contributed by atoms with van der Waals surface area (Å²) in [5.74, 6) is 0.371. The van der Waals surface area contributed by atoms with Crippen LogP contribution in [0.5, 0.6) is 0 Å². The number of carbonyl (C=O) groups is 1. The fourth-order valence-corrected chi connectivity index (χ4v) is 4.23. The topological polar surface area (TPSA) is 49.3 Å². The van der Waals surface area contributed by atoms with Crippen LogP contribution in [0.3, 0.4) is 0 Å². The maximum Gasteiger partial charge on any atom is 0.226 e. The Balaban J connectivity index is 1.40. The number of piperidine rings is 1. The van der Waals surface area contributed by atoms with Crippen molar-refractivity contribution in [2.75, 3.05) is 24.5 Å². The van der Waals surface area contributed by atoms with Gasteiger partial charge in [0.05, 0.1) is 18.1 Å². The predicted octanol–water partition coefficient (Wildman–Crippen LogP) is 3.44. The minimum Gasteiger partial charge on any atom is -0.369 e. The van der Waals surface area contributed by atoms with Crippen LogP contribution in [0.4, 0.5) is 10.1 Å². The summed E-state index contributed by atoms with van der Waals surface area (Å²) in [5.41, 5.74) is 2.01. The molecule has 1 amide bonds. The predicted molar refractivity (Wildman–Crippen MR) is 106 cm³/mol. The maximum atomic E-state index is 13.2. The molecule has 1 aromatic carbocycles. The van der Waals surface area contributed by atoms with Crippen molar-refractivity contribution in [2.45, 2.75) is 25.8 Å². The highest BCUT2D eigenvalue weighted by Gasteiger charge is 2.34. The molecule has 146 valence electrons. The number of halogens is 1. The third-order valence-corrected chi connectivity index (χ3v) is 5.82. The van der Waals surface area contributed by atoms with Gasteiger partial charge in [-0.25, -0.2) is 14.4 Å². The number of nitrogens with zero attached hydrogens (tertiary/aromatic N) is 4. The summed E-state index contributed by atoms with van der Waals surface area (Å²) in [6.07, 6.45) is 12.2. The molecule has 2 aliphatic heterocycles. The standard InChI is InChI=1S/C22H25FN4O/c23-19-6-4-17(5-7-19)15-27-10-2-1-3-21(22(27)28)18-8-11-26(12-9-18)20-13-24-16-25-14-20/h1-2,4-7,13-14,16,18,21H,3,8-12,15H2. The number of anilines is 1. The van der Waals surface area contributed by atoms with Gasteiger partial charge in [0.25, 0.3) is 0 Å². The van der Waals surface area contributed by atoms with Crippen molar-refractivity contribution in [3.8, 4) is 0 Å². The quantitative estimate of drug-likeness (QED) is 0.763. The smallest absolute Gasteiger partial charge is 0.226 e. The molecule has 28 heavy (non-hydrogen) atoms. The summed E-state index contributed by atoms with van der Waals surface area (Å²) in [7, 11) is 0. The molecule has 1 atom stereocenters. The number of amides is 1. The molecule has 2 aliphatic rings. The molecule has 4 rings (SSSR count). The Morgan fingerprint density at radius 3 is 2.46 bits per heavy atom. The zero-order chi connectivity index (χ0) is 19.3. The first kappa shape index (κ1) is 18.6. The van der Waals surface area contributed by atoms with Gasteiger partial charge in [0.2, 0.25) is 5.91 Å². The highest BCUT2D eigenvalue weighted by molar-refractivity contribution is 5.80. The first-order valence-electron chi connectivity index (χ1n) is 9.89. The van der Waals surface area contributed by atoms with Crippen molar-refractivity contribution in [3.63, 3.8) is 0 Å². The van der Waals surface area contributed by atoms with Crippen LogP contribution in [-0.2, 0) is 11.3 Å². The van der Waals surface area contributed by atoms with Crippen molar-refractivity contribution in [3.05, 3.63) is 66.5 Å². The van der Waals surface area contributed by atoms with Gasteiger partial charge in [0.15, 0.2) is 0 Å². The fourth-order valence-electron chi connectivity index (χ4n) is 4.23. The minimum atomic E-state index is -0.251. The molecule has 1 saturated heterocycles. The van der Waals surface area contributed by atoms with Crippen LogP contribution in [0, 0.1) is 17.7 Å². The van der Waals surface area contributed by atoms with E-state index in [9.17, 15) is 9.18 Å². The second-order valence-corrected chi connectivity index (χ2v) is 7.58. The van der Waals surface area contributed by atoms with Gasteiger partial charge in [-0.05, 0) is 42.9 Å². The Labute approximate surface area is 164 Å². The van der Waals surface area contributed by atoms with Gasteiger partial charge < -0.3 is 9.80 Å². The molecule has 0 bridgehead atoms. The van der Waals surface area contributed by atoms with Gasteiger partial charge in [-0.2, -0.15) is 0 Å². The lowest BCUT2D eigenvalue weighted by Gasteiger charge is -2.37. The minimum absolute atomic E-state index is 0.0216. The third-order valence-electron chi connectivity index (χ3n) is 5.82. The first-order valence-corrected chi connectivity index (χ1v) is 9.89. The second kappa shape index (κ2) is 8.50. The van der Waals surface area contributed by atoms with Crippen LogP contribution in [0.1, 0.15) is 24.8 Å².